The zero-order valence-electron chi connectivity index (χ0n) is 14.4. The van der Waals surface area contributed by atoms with E-state index >= 15 is 0 Å². The first-order valence-electron chi connectivity index (χ1n) is 8.28. The summed E-state index contributed by atoms with van der Waals surface area (Å²) in [5.41, 5.74) is 0.357. The molecule has 2 aliphatic heterocycles. The third kappa shape index (κ3) is 3.42. The summed E-state index contributed by atoms with van der Waals surface area (Å²) < 4.78 is 52.5. The Morgan fingerprint density at radius 2 is 1.73 bits per heavy atom. The molecule has 1 unspecified atom stereocenters. The van der Waals surface area contributed by atoms with Crippen molar-refractivity contribution in [3.63, 3.8) is 0 Å². The van der Waals surface area contributed by atoms with Crippen LogP contribution in [0.3, 0.4) is 0 Å². The van der Waals surface area contributed by atoms with E-state index in [-0.39, 0.29) is 11.5 Å². The van der Waals surface area contributed by atoms with Gasteiger partial charge in [0, 0.05) is 12.8 Å². The second-order valence-corrected chi connectivity index (χ2v) is 6.70. The lowest BCUT2D eigenvalue weighted by Crippen LogP contribution is -2.42. The SMILES string of the molecule is Cc1cc(OCC(F)(F)F)cc(C)c1C1C(=O)OC2(CCOCC2)C1=O. The summed E-state index contributed by atoms with van der Waals surface area (Å²) in [7, 11) is 0. The third-order valence-corrected chi connectivity index (χ3v) is 4.80. The summed E-state index contributed by atoms with van der Waals surface area (Å²) in [5.74, 6) is -1.95. The van der Waals surface area contributed by atoms with Crippen LogP contribution in [0.1, 0.15) is 35.4 Å². The fourth-order valence-electron chi connectivity index (χ4n) is 3.61. The summed E-state index contributed by atoms with van der Waals surface area (Å²) >= 11 is 0. The molecule has 0 bridgehead atoms. The molecule has 0 saturated carbocycles. The second-order valence-electron chi connectivity index (χ2n) is 6.70. The van der Waals surface area contributed by atoms with Gasteiger partial charge in [0.2, 0.25) is 0 Å². The first kappa shape index (κ1) is 18.7. The van der Waals surface area contributed by atoms with Gasteiger partial charge < -0.3 is 14.2 Å². The Balaban J connectivity index is 1.89. The Morgan fingerprint density at radius 3 is 2.27 bits per heavy atom. The van der Waals surface area contributed by atoms with Crippen molar-refractivity contribution in [1.82, 2.24) is 0 Å². The zero-order valence-corrected chi connectivity index (χ0v) is 14.4. The highest BCUT2D eigenvalue weighted by Gasteiger charge is 2.56. The normalized spacial score (nSPS) is 22.6. The van der Waals surface area contributed by atoms with Crippen LogP contribution in [0.25, 0.3) is 0 Å². The molecule has 0 amide bonds. The Kier molecular flexibility index (Phi) is 4.72. The van der Waals surface area contributed by atoms with Gasteiger partial charge in [0.15, 0.2) is 18.0 Å². The van der Waals surface area contributed by atoms with E-state index in [1.54, 1.807) is 13.8 Å². The maximum atomic E-state index is 13.0. The number of hydrogen-bond donors (Lipinski definition) is 0. The van der Waals surface area contributed by atoms with Crippen LogP contribution in [0, 0.1) is 13.8 Å². The number of carbonyl (C=O) groups is 2. The number of benzene rings is 1. The Bertz CT molecular complexity index is 712. The zero-order chi connectivity index (χ0) is 19.1. The Morgan fingerprint density at radius 1 is 1.15 bits per heavy atom. The van der Waals surface area contributed by atoms with Crippen LogP contribution in [-0.4, -0.2) is 43.4 Å². The molecule has 0 aliphatic carbocycles. The molecule has 1 atom stereocenters. The topological polar surface area (TPSA) is 61.8 Å². The number of rotatable bonds is 3. The molecule has 1 aromatic carbocycles. The molecule has 0 radical (unpaired) electrons. The molecule has 26 heavy (non-hydrogen) atoms. The van der Waals surface area contributed by atoms with Gasteiger partial charge in [-0.05, 0) is 42.7 Å². The minimum atomic E-state index is -4.44. The molecule has 0 N–H and O–H groups in total. The minimum absolute atomic E-state index is 0.0423. The highest BCUT2D eigenvalue weighted by atomic mass is 19.4. The minimum Gasteiger partial charge on any atom is -0.484 e. The fraction of sp³-hybridized carbons (Fsp3) is 0.556. The highest BCUT2D eigenvalue weighted by molar-refractivity contribution is 6.14. The number of Topliss-reactive ketones (excluding diaryl/α,β-unsaturated/α-hetero) is 1. The molecule has 1 spiro atoms. The van der Waals surface area contributed by atoms with E-state index in [1.165, 1.54) is 12.1 Å². The summed E-state index contributed by atoms with van der Waals surface area (Å²) in [6.07, 6.45) is -3.81. The van der Waals surface area contributed by atoms with Gasteiger partial charge in [0.05, 0.1) is 13.2 Å². The van der Waals surface area contributed by atoms with Crippen molar-refractivity contribution in [2.24, 2.45) is 0 Å². The summed E-state index contributed by atoms with van der Waals surface area (Å²) in [6.45, 7) is 2.55. The van der Waals surface area contributed by atoms with Gasteiger partial charge in [0.25, 0.3) is 0 Å². The number of alkyl halides is 3. The van der Waals surface area contributed by atoms with Crippen LogP contribution in [0.2, 0.25) is 0 Å². The van der Waals surface area contributed by atoms with Crippen molar-refractivity contribution in [3.05, 3.63) is 28.8 Å². The Hall–Kier alpha value is -2.09. The van der Waals surface area contributed by atoms with Gasteiger partial charge in [0.1, 0.15) is 11.7 Å². The van der Waals surface area contributed by atoms with Gasteiger partial charge >= 0.3 is 12.1 Å². The van der Waals surface area contributed by atoms with E-state index in [0.717, 1.165) is 0 Å². The number of ether oxygens (including phenoxy) is 3. The monoisotopic (exact) mass is 372 g/mol. The predicted molar refractivity (Wildman–Crippen MR) is 84.1 cm³/mol. The fourth-order valence-corrected chi connectivity index (χ4v) is 3.61. The standard InChI is InChI=1S/C18H19F3O5/c1-10-7-12(25-9-18(19,20)21)8-11(2)13(10)14-15(22)17(26-16(14)23)3-5-24-6-4-17/h7-8,14H,3-6,9H2,1-2H3. The molecular weight excluding hydrogens is 353 g/mol. The number of carbonyl (C=O) groups excluding carboxylic acids is 2. The highest BCUT2D eigenvalue weighted by Crippen LogP contribution is 2.42. The van der Waals surface area contributed by atoms with Crippen molar-refractivity contribution in [2.45, 2.75) is 44.4 Å². The lowest BCUT2D eigenvalue weighted by Gasteiger charge is -2.30. The van der Waals surface area contributed by atoms with E-state index in [2.05, 4.69) is 0 Å². The van der Waals surface area contributed by atoms with Crippen LogP contribution in [-0.2, 0) is 19.1 Å². The largest absolute Gasteiger partial charge is 0.484 e. The first-order chi connectivity index (χ1) is 12.1. The van der Waals surface area contributed by atoms with Crippen molar-refractivity contribution in [2.75, 3.05) is 19.8 Å². The second kappa shape index (κ2) is 6.57. The maximum absolute atomic E-state index is 13.0. The van der Waals surface area contributed by atoms with E-state index in [4.69, 9.17) is 14.2 Å². The molecule has 8 heteroatoms. The number of hydrogen-bond acceptors (Lipinski definition) is 5. The van der Waals surface area contributed by atoms with Crippen LogP contribution in [0.15, 0.2) is 12.1 Å². The average molecular weight is 372 g/mol. The Labute approximate surface area is 148 Å². The number of halogens is 3. The van der Waals surface area contributed by atoms with Gasteiger partial charge in [-0.1, -0.05) is 0 Å². The van der Waals surface area contributed by atoms with E-state index in [1.807, 2.05) is 0 Å². The molecule has 2 heterocycles. The van der Waals surface area contributed by atoms with Crippen LogP contribution >= 0.6 is 0 Å². The molecule has 142 valence electrons. The quantitative estimate of drug-likeness (QED) is 0.603. The van der Waals surface area contributed by atoms with Crippen molar-refractivity contribution >= 4 is 11.8 Å². The van der Waals surface area contributed by atoms with Gasteiger partial charge in [-0.15, -0.1) is 0 Å². The van der Waals surface area contributed by atoms with Gasteiger partial charge in [-0.3, -0.25) is 9.59 Å². The summed E-state index contributed by atoms with van der Waals surface area (Å²) in [4.78, 5) is 25.4. The third-order valence-electron chi connectivity index (χ3n) is 4.80. The number of aryl methyl sites for hydroxylation is 2. The molecule has 5 nitrogen and oxygen atoms in total. The molecule has 1 aromatic rings. The molecular formula is C18H19F3O5. The van der Waals surface area contributed by atoms with Gasteiger partial charge in [-0.2, -0.15) is 13.2 Å². The molecule has 3 rings (SSSR count). The van der Waals surface area contributed by atoms with Crippen molar-refractivity contribution in [1.29, 1.82) is 0 Å². The summed E-state index contributed by atoms with van der Waals surface area (Å²) in [5, 5.41) is 0. The van der Waals surface area contributed by atoms with Crippen LogP contribution in [0.4, 0.5) is 13.2 Å². The van der Waals surface area contributed by atoms with E-state index in [0.29, 0.717) is 42.7 Å². The average Bonchev–Trinajstić information content (AvgIpc) is 2.77. The molecule has 2 fully saturated rings. The molecule has 0 aromatic heterocycles. The molecule has 2 aliphatic rings. The van der Waals surface area contributed by atoms with Crippen LogP contribution < -0.4 is 4.74 Å². The first-order valence-corrected chi connectivity index (χ1v) is 8.28. The predicted octanol–water partition coefficient (Wildman–Crippen LogP) is 3.00. The lowest BCUT2D eigenvalue weighted by atomic mass is 9.80. The van der Waals surface area contributed by atoms with E-state index in [9.17, 15) is 22.8 Å². The lowest BCUT2D eigenvalue weighted by molar-refractivity contribution is -0.160. The van der Waals surface area contributed by atoms with Crippen molar-refractivity contribution in [3.8, 4) is 5.75 Å². The molecule has 2 saturated heterocycles. The van der Waals surface area contributed by atoms with Crippen molar-refractivity contribution < 1.29 is 37.0 Å². The number of esters is 1. The smallest absolute Gasteiger partial charge is 0.422 e. The summed E-state index contributed by atoms with van der Waals surface area (Å²) in [6, 6.07) is 2.81. The van der Waals surface area contributed by atoms with E-state index < -0.39 is 30.3 Å². The van der Waals surface area contributed by atoms with Crippen LogP contribution in [0.5, 0.6) is 5.75 Å². The maximum Gasteiger partial charge on any atom is 0.422 e. The van der Waals surface area contributed by atoms with Gasteiger partial charge in [-0.25, -0.2) is 0 Å². The number of ketones is 1.